The number of piperazine rings is 1. The zero-order chi connectivity index (χ0) is 23.8. The van der Waals surface area contributed by atoms with E-state index in [1.807, 2.05) is 13.8 Å². The van der Waals surface area contributed by atoms with Gasteiger partial charge in [0.15, 0.2) is 5.52 Å². The highest BCUT2D eigenvalue weighted by molar-refractivity contribution is 5.96. The van der Waals surface area contributed by atoms with Gasteiger partial charge in [-0.3, -0.25) is 14.3 Å². The van der Waals surface area contributed by atoms with Crippen molar-refractivity contribution in [3.05, 3.63) is 45.0 Å². The summed E-state index contributed by atoms with van der Waals surface area (Å²) in [6.45, 7) is 5.87. The molecule has 3 heterocycles. The molecular weight excluding hydrogens is 424 g/mol. The fourth-order valence-corrected chi connectivity index (χ4v) is 4.18. The average molecular weight is 455 g/mol. The SMILES string of the molecule is CCCc1nn(C)c2c(=O)[nH]c(-c3cc(C(=O)N4CC[N+](C)([O-])CC4)ccc3OCC)nc12. The number of nitrogens with zero attached hydrogens (tertiary/aromatic N) is 5. The highest BCUT2D eigenvalue weighted by Crippen LogP contribution is 2.30. The van der Waals surface area contributed by atoms with Crippen LogP contribution in [-0.4, -0.2) is 75.0 Å². The summed E-state index contributed by atoms with van der Waals surface area (Å²) in [5.41, 5.74) is 2.43. The van der Waals surface area contributed by atoms with Gasteiger partial charge < -0.3 is 24.5 Å². The van der Waals surface area contributed by atoms with Crippen molar-refractivity contribution in [3.63, 3.8) is 0 Å². The van der Waals surface area contributed by atoms with Crippen molar-refractivity contribution < 1.29 is 14.2 Å². The van der Waals surface area contributed by atoms with E-state index in [4.69, 9.17) is 9.72 Å². The molecule has 1 N–H and O–H groups in total. The summed E-state index contributed by atoms with van der Waals surface area (Å²) in [4.78, 5) is 35.3. The lowest BCUT2D eigenvalue weighted by molar-refractivity contribution is -0.864. The maximum Gasteiger partial charge on any atom is 0.277 e. The molecule has 1 aliphatic heterocycles. The fourth-order valence-electron chi connectivity index (χ4n) is 4.18. The van der Waals surface area contributed by atoms with Gasteiger partial charge in [0, 0.05) is 12.6 Å². The lowest BCUT2D eigenvalue weighted by atomic mass is 10.1. The van der Waals surface area contributed by atoms with Gasteiger partial charge in [-0.25, -0.2) is 4.98 Å². The number of nitrogens with one attached hydrogen (secondary N) is 1. The van der Waals surface area contributed by atoms with Gasteiger partial charge >= 0.3 is 0 Å². The standard InChI is InChI=1S/C23H30N6O4/c1-5-7-17-19-20(27(3)26-17)22(30)25-21(24-19)16-14-15(8-9-18(16)33-6-2)23(31)28-10-12-29(4,32)13-11-28/h8-9,14H,5-7,10-13H2,1-4H3,(H,24,25,30). The number of hydrogen-bond donors (Lipinski definition) is 1. The molecule has 176 valence electrons. The van der Waals surface area contributed by atoms with E-state index in [1.54, 1.807) is 41.9 Å². The van der Waals surface area contributed by atoms with E-state index < -0.39 is 0 Å². The zero-order valence-corrected chi connectivity index (χ0v) is 19.6. The lowest BCUT2D eigenvalue weighted by Gasteiger charge is -2.45. The molecule has 10 nitrogen and oxygen atoms in total. The molecule has 1 amide bonds. The van der Waals surface area contributed by atoms with Crippen LogP contribution in [0.1, 0.15) is 36.3 Å². The number of aromatic amines is 1. The van der Waals surface area contributed by atoms with E-state index in [1.165, 1.54) is 0 Å². The van der Waals surface area contributed by atoms with Gasteiger partial charge in [-0.15, -0.1) is 0 Å². The van der Waals surface area contributed by atoms with Gasteiger partial charge in [0.1, 0.15) is 17.1 Å². The molecule has 0 radical (unpaired) electrons. The lowest BCUT2D eigenvalue weighted by Crippen LogP contribution is -2.55. The molecule has 1 saturated heterocycles. The number of carbonyl (C=O) groups excluding carboxylic acids is 1. The fraction of sp³-hybridized carbons (Fsp3) is 0.478. The topological polar surface area (TPSA) is 116 Å². The molecule has 0 unspecified atom stereocenters. The highest BCUT2D eigenvalue weighted by atomic mass is 16.5. The van der Waals surface area contributed by atoms with Crippen LogP contribution in [-0.2, 0) is 13.5 Å². The number of ether oxygens (including phenoxy) is 1. The Labute approximate surface area is 192 Å². The molecule has 3 aromatic rings. The first-order valence-corrected chi connectivity index (χ1v) is 11.3. The van der Waals surface area contributed by atoms with Gasteiger partial charge in [0.25, 0.3) is 11.5 Å². The Bertz CT molecular complexity index is 1240. The number of hydroxylamine groups is 3. The minimum atomic E-state index is -0.339. The smallest absolute Gasteiger partial charge is 0.277 e. The number of benzene rings is 1. The summed E-state index contributed by atoms with van der Waals surface area (Å²) in [6.07, 6.45) is 1.58. The van der Waals surface area contributed by atoms with Gasteiger partial charge in [0.05, 0.1) is 51.1 Å². The van der Waals surface area contributed by atoms with Crippen molar-refractivity contribution in [2.75, 3.05) is 39.8 Å². The molecule has 0 saturated carbocycles. The summed E-state index contributed by atoms with van der Waals surface area (Å²) < 4.78 is 7.00. The monoisotopic (exact) mass is 454 g/mol. The molecular formula is C23H30N6O4. The highest BCUT2D eigenvalue weighted by Gasteiger charge is 2.27. The maximum atomic E-state index is 13.2. The second kappa shape index (κ2) is 8.95. The van der Waals surface area contributed by atoms with Crippen LogP contribution in [0.15, 0.2) is 23.0 Å². The van der Waals surface area contributed by atoms with E-state index in [2.05, 4.69) is 10.1 Å². The normalized spacial score (nSPS) is 15.7. The molecule has 0 spiro atoms. The Morgan fingerprint density at radius 1 is 1.27 bits per heavy atom. The van der Waals surface area contributed by atoms with Gasteiger partial charge in [-0.2, -0.15) is 5.10 Å². The van der Waals surface area contributed by atoms with Crippen LogP contribution in [0.4, 0.5) is 0 Å². The third kappa shape index (κ3) is 4.49. The number of aryl methyl sites for hydroxylation is 2. The molecule has 4 rings (SSSR count). The largest absolute Gasteiger partial charge is 0.633 e. The zero-order valence-electron chi connectivity index (χ0n) is 19.6. The van der Waals surface area contributed by atoms with Gasteiger partial charge in [-0.1, -0.05) is 13.3 Å². The number of rotatable bonds is 6. The molecule has 0 atom stereocenters. The van der Waals surface area contributed by atoms with Crippen molar-refractivity contribution in [3.8, 4) is 17.1 Å². The quantitative estimate of drug-likeness (QED) is 0.450. The first-order valence-electron chi connectivity index (χ1n) is 11.3. The number of carbonyl (C=O) groups is 1. The van der Waals surface area contributed by atoms with Crippen molar-refractivity contribution in [2.24, 2.45) is 7.05 Å². The molecule has 1 fully saturated rings. The molecule has 0 aliphatic carbocycles. The van der Waals surface area contributed by atoms with Crippen LogP contribution in [0.3, 0.4) is 0 Å². The van der Waals surface area contributed by atoms with Crippen LogP contribution < -0.4 is 10.3 Å². The third-order valence-electron chi connectivity index (χ3n) is 6.00. The summed E-state index contributed by atoms with van der Waals surface area (Å²) in [6, 6.07) is 5.14. The minimum Gasteiger partial charge on any atom is -0.633 e. The molecule has 10 heteroatoms. The summed E-state index contributed by atoms with van der Waals surface area (Å²) in [5.74, 6) is 0.703. The molecule has 1 aliphatic rings. The second-order valence-corrected chi connectivity index (χ2v) is 8.61. The summed E-state index contributed by atoms with van der Waals surface area (Å²) in [5, 5.41) is 16.6. The number of hydrogen-bond acceptors (Lipinski definition) is 6. The molecule has 33 heavy (non-hydrogen) atoms. The van der Waals surface area contributed by atoms with E-state index >= 15 is 0 Å². The van der Waals surface area contributed by atoms with E-state index in [9.17, 15) is 14.8 Å². The Morgan fingerprint density at radius 2 is 2.00 bits per heavy atom. The van der Waals surface area contributed by atoms with E-state index in [-0.39, 0.29) is 16.1 Å². The van der Waals surface area contributed by atoms with Crippen molar-refractivity contribution in [2.45, 2.75) is 26.7 Å². The van der Waals surface area contributed by atoms with Crippen molar-refractivity contribution >= 4 is 16.9 Å². The summed E-state index contributed by atoms with van der Waals surface area (Å²) in [7, 11) is 3.35. The Balaban J connectivity index is 1.78. The van der Waals surface area contributed by atoms with Gasteiger partial charge in [-0.05, 0) is 31.5 Å². The molecule has 0 bridgehead atoms. The average Bonchev–Trinajstić information content (AvgIpc) is 3.09. The van der Waals surface area contributed by atoms with Crippen LogP contribution >= 0.6 is 0 Å². The third-order valence-corrected chi connectivity index (χ3v) is 6.00. The number of aromatic nitrogens is 4. The number of quaternary nitrogens is 1. The van der Waals surface area contributed by atoms with E-state index in [0.29, 0.717) is 72.9 Å². The maximum absolute atomic E-state index is 13.2. The van der Waals surface area contributed by atoms with Crippen LogP contribution in [0.5, 0.6) is 5.75 Å². The molecule has 1 aromatic carbocycles. The van der Waals surface area contributed by atoms with Crippen molar-refractivity contribution in [1.29, 1.82) is 0 Å². The van der Waals surface area contributed by atoms with Crippen LogP contribution in [0, 0.1) is 5.21 Å². The number of amides is 1. The predicted octanol–water partition coefficient (Wildman–Crippen LogP) is 2.07. The van der Waals surface area contributed by atoms with Gasteiger partial charge in [0.2, 0.25) is 0 Å². The Kier molecular flexibility index (Phi) is 6.22. The molecule has 2 aromatic heterocycles. The first kappa shape index (κ1) is 22.9. The predicted molar refractivity (Wildman–Crippen MR) is 125 cm³/mol. The number of likely N-dealkylation sites (N-methyl/N-ethyl adjacent to an activating group) is 1. The Hall–Kier alpha value is -3.24. The van der Waals surface area contributed by atoms with Crippen LogP contribution in [0.25, 0.3) is 22.4 Å². The first-order chi connectivity index (χ1) is 15.7. The Morgan fingerprint density at radius 3 is 2.67 bits per heavy atom. The number of H-pyrrole nitrogens is 1. The number of fused-ring (bicyclic) bond motifs is 1. The second-order valence-electron chi connectivity index (χ2n) is 8.61. The van der Waals surface area contributed by atoms with E-state index in [0.717, 1.165) is 12.1 Å². The van der Waals surface area contributed by atoms with Crippen LogP contribution in [0.2, 0.25) is 0 Å². The van der Waals surface area contributed by atoms with Crippen molar-refractivity contribution in [1.82, 2.24) is 24.6 Å². The summed E-state index contributed by atoms with van der Waals surface area (Å²) >= 11 is 0. The minimum absolute atomic E-state index is 0.157.